The van der Waals surface area contributed by atoms with Gasteiger partial charge >= 0.3 is 0 Å². The Morgan fingerprint density at radius 3 is 2.58 bits per heavy atom. The van der Waals surface area contributed by atoms with Crippen LogP contribution in [0, 0.1) is 4.91 Å². The van der Waals surface area contributed by atoms with Crippen molar-refractivity contribution in [2.45, 2.75) is 6.54 Å². The van der Waals surface area contributed by atoms with E-state index in [4.69, 9.17) is 0 Å². The largest absolute Gasteiger partial charge is 0.218 e. The van der Waals surface area contributed by atoms with Crippen LogP contribution in [0.4, 0.5) is 0 Å². The quantitative estimate of drug-likeness (QED) is 0.540. The summed E-state index contributed by atoms with van der Waals surface area (Å²) >= 11 is 0. The number of hydrogen-bond donors (Lipinski definition) is 1. The van der Waals surface area contributed by atoms with Crippen LogP contribution in [-0.4, -0.2) is 12.2 Å². The second-order valence-corrected chi connectivity index (χ2v) is 2.35. The molecule has 0 radical (unpaired) electrons. The normalized spacial score (nSPS) is 9.42. The number of hydrazine groups is 1. The molecule has 0 amide bonds. The van der Waals surface area contributed by atoms with E-state index < -0.39 is 0 Å². The summed E-state index contributed by atoms with van der Waals surface area (Å²) in [4.78, 5) is 10.2. The molecule has 1 aromatic carbocycles. The molecule has 0 aromatic heterocycles. The van der Waals surface area contributed by atoms with Gasteiger partial charge in [-0.15, -0.1) is 4.91 Å². The molecule has 4 nitrogen and oxygen atoms in total. The topological polar surface area (TPSA) is 44.7 Å². The van der Waals surface area contributed by atoms with Gasteiger partial charge in [0.1, 0.15) is 0 Å². The first-order valence-electron chi connectivity index (χ1n) is 3.69. The Morgan fingerprint density at radius 2 is 2.08 bits per heavy atom. The first-order valence-corrected chi connectivity index (χ1v) is 3.69. The van der Waals surface area contributed by atoms with Crippen molar-refractivity contribution in [1.29, 1.82) is 0 Å². The van der Waals surface area contributed by atoms with E-state index in [1.54, 1.807) is 7.05 Å². The van der Waals surface area contributed by atoms with Crippen molar-refractivity contribution in [3.63, 3.8) is 0 Å². The van der Waals surface area contributed by atoms with E-state index in [1.807, 2.05) is 30.3 Å². The summed E-state index contributed by atoms with van der Waals surface area (Å²) in [6.45, 7) is 0.487. The molecule has 0 heterocycles. The second-order valence-electron chi connectivity index (χ2n) is 2.35. The highest BCUT2D eigenvalue weighted by atomic mass is 16.3. The molecule has 0 spiro atoms. The lowest BCUT2D eigenvalue weighted by molar-refractivity contribution is 0.205. The summed E-state index contributed by atoms with van der Waals surface area (Å²) in [6.07, 6.45) is 0. The molecule has 0 saturated carbocycles. The van der Waals surface area contributed by atoms with Crippen LogP contribution in [0.25, 0.3) is 0 Å². The predicted molar refractivity (Wildman–Crippen MR) is 46.8 cm³/mol. The molecule has 4 heteroatoms. The average molecular weight is 165 g/mol. The molecular formula is C8H11N3O. The Labute approximate surface area is 71.1 Å². The molecule has 1 rings (SSSR count). The number of nitrogens with one attached hydrogen (secondary N) is 1. The third kappa shape index (κ3) is 2.32. The highest BCUT2D eigenvalue weighted by Crippen LogP contribution is 2.01. The molecule has 0 bridgehead atoms. The third-order valence-corrected chi connectivity index (χ3v) is 1.53. The smallest absolute Gasteiger partial charge is 0.0815 e. The monoisotopic (exact) mass is 165 g/mol. The number of benzene rings is 1. The van der Waals surface area contributed by atoms with Crippen molar-refractivity contribution in [3.05, 3.63) is 40.8 Å². The van der Waals surface area contributed by atoms with E-state index >= 15 is 0 Å². The van der Waals surface area contributed by atoms with E-state index in [9.17, 15) is 4.91 Å². The van der Waals surface area contributed by atoms with Crippen molar-refractivity contribution in [3.8, 4) is 0 Å². The summed E-state index contributed by atoms with van der Waals surface area (Å²) in [5.41, 5.74) is 3.70. The van der Waals surface area contributed by atoms with E-state index in [0.29, 0.717) is 6.54 Å². The van der Waals surface area contributed by atoms with E-state index in [0.717, 1.165) is 5.56 Å². The van der Waals surface area contributed by atoms with Crippen LogP contribution in [0.3, 0.4) is 0 Å². The number of hydrogen-bond acceptors (Lipinski definition) is 3. The second kappa shape index (κ2) is 4.46. The highest BCUT2D eigenvalue weighted by molar-refractivity contribution is 5.14. The summed E-state index contributed by atoms with van der Waals surface area (Å²) in [6, 6.07) is 9.66. The Kier molecular flexibility index (Phi) is 3.22. The fraction of sp³-hybridized carbons (Fsp3) is 0.250. The molecule has 12 heavy (non-hydrogen) atoms. The van der Waals surface area contributed by atoms with Crippen molar-refractivity contribution < 1.29 is 0 Å². The van der Waals surface area contributed by atoms with Crippen molar-refractivity contribution in [1.82, 2.24) is 10.5 Å². The van der Waals surface area contributed by atoms with Gasteiger partial charge in [0, 0.05) is 7.05 Å². The van der Waals surface area contributed by atoms with Gasteiger partial charge in [-0.3, -0.25) is 0 Å². The van der Waals surface area contributed by atoms with E-state index in [2.05, 4.69) is 10.7 Å². The minimum Gasteiger partial charge on any atom is -0.218 e. The Hall–Kier alpha value is -1.42. The van der Waals surface area contributed by atoms with Crippen LogP contribution in [0.1, 0.15) is 5.56 Å². The van der Waals surface area contributed by atoms with Gasteiger partial charge in [0.25, 0.3) is 0 Å². The lowest BCUT2D eigenvalue weighted by Crippen LogP contribution is -2.28. The highest BCUT2D eigenvalue weighted by Gasteiger charge is 1.98. The third-order valence-electron chi connectivity index (χ3n) is 1.53. The van der Waals surface area contributed by atoms with Crippen molar-refractivity contribution in [2.75, 3.05) is 7.05 Å². The maximum atomic E-state index is 10.2. The Balaban J connectivity index is 2.56. The molecule has 0 aliphatic rings. The molecule has 0 saturated heterocycles. The summed E-state index contributed by atoms with van der Waals surface area (Å²) < 4.78 is 0. The molecule has 0 atom stereocenters. The van der Waals surface area contributed by atoms with Gasteiger partial charge in [-0.2, -0.15) is 5.12 Å². The summed E-state index contributed by atoms with van der Waals surface area (Å²) in [5.74, 6) is 0. The van der Waals surface area contributed by atoms with Crippen LogP contribution < -0.4 is 5.43 Å². The zero-order valence-electron chi connectivity index (χ0n) is 6.90. The van der Waals surface area contributed by atoms with Crippen LogP contribution in [0.2, 0.25) is 0 Å². The lowest BCUT2D eigenvalue weighted by Gasteiger charge is -2.12. The summed E-state index contributed by atoms with van der Waals surface area (Å²) in [7, 11) is 1.66. The molecule has 0 fully saturated rings. The summed E-state index contributed by atoms with van der Waals surface area (Å²) in [5, 5.41) is 4.01. The zero-order valence-corrected chi connectivity index (χ0v) is 6.90. The van der Waals surface area contributed by atoms with Crippen LogP contribution >= 0.6 is 0 Å². The van der Waals surface area contributed by atoms with E-state index in [1.165, 1.54) is 5.12 Å². The lowest BCUT2D eigenvalue weighted by atomic mass is 10.2. The van der Waals surface area contributed by atoms with Crippen molar-refractivity contribution >= 4 is 0 Å². The fourth-order valence-electron chi connectivity index (χ4n) is 0.905. The molecular weight excluding hydrogens is 154 g/mol. The number of rotatable bonds is 4. The Bertz CT molecular complexity index is 237. The first-order chi connectivity index (χ1) is 5.86. The van der Waals surface area contributed by atoms with Gasteiger partial charge in [-0.25, -0.2) is 5.43 Å². The van der Waals surface area contributed by atoms with Gasteiger partial charge in [0.2, 0.25) is 0 Å². The minimum atomic E-state index is 0.487. The molecule has 1 aromatic rings. The molecule has 0 aliphatic carbocycles. The molecule has 0 unspecified atom stereocenters. The molecule has 0 aliphatic heterocycles. The molecule has 64 valence electrons. The Morgan fingerprint density at radius 1 is 1.42 bits per heavy atom. The molecule has 1 N–H and O–H groups in total. The number of nitroso groups, excluding NO2 is 1. The van der Waals surface area contributed by atoms with Gasteiger partial charge in [-0.05, 0) is 5.56 Å². The van der Waals surface area contributed by atoms with Crippen LogP contribution in [0.15, 0.2) is 35.6 Å². The maximum absolute atomic E-state index is 10.2. The van der Waals surface area contributed by atoms with E-state index in [-0.39, 0.29) is 0 Å². The van der Waals surface area contributed by atoms with Crippen LogP contribution in [0.5, 0.6) is 0 Å². The van der Waals surface area contributed by atoms with Crippen molar-refractivity contribution in [2.24, 2.45) is 5.29 Å². The first kappa shape index (κ1) is 8.67. The van der Waals surface area contributed by atoms with Gasteiger partial charge in [0.05, 0.1) is 11.8 Å². The SMILES string of the molecule is CNN(Cc1ccccc1)N=O. The van der Waals surface area contributed by atoms with Gasteiger partial charge < -0.3 is 0 Å². The van der Waals surface area contributed by atoms with Gasteiger partial charge in [0.15, 0.2) is 0 Å². The number of nitrogens with zero attached hydrogens (tertiary/aromatic N) is 2. The fourth-order valence-corrected chi connectivity index (χ4v) is 0.905. The maximum Gasteiger partial charge on any atom is 0.0815 e. The van der Waals surface area contributed by atoms with Crippen LogP contribution in [-0.2, 0) is 6.54 Å². The average Bonchev–Trinajstić information content (AvgIpc) is 2.16. The minimum absolute atomic E-state index is 0.487. The standard InChI is InChI=1S/C8H11N3O/c1-9-11(10-12)7-8-5-3-2-4-6-8/h2-6,9H,7H2,1H3. The predicted octanol–water partition coefficient (Wildman–Crippen LogP) is 1.30. The zero-order chi connectivity index (χ0) is 8.81. The van der Waals surface area contributed by atoms with Gasteiger partial charge in [-0.1, -0.05) is 30.3 Å².